The van der Waals surface area contributed by atoms with E-state index in [0.717, 1.165) is 23.4 Å². The summed E-state index contributed by atoms with van der Waals surface area (Å²) in [7, 11) is 0. The lowest BCUT2D eigenvalue weighted by Gasteiger charge is -2.13. The zero-order valence-electron chi connectivity index (χ0n) is 11.8. The molecule has 0 bridgehead atoms. The van der Waals surface area contributed by atoms with Gasteiger partial charge in [0.15, 0.2) is 11.6 Å². The third kappa shape index (κ3) is 3.54. The van der Waals surface area contributed by atoms with E-state index in [-0.39, 0.29) is 12.4 Å². The van der Waals surface area contributed by atoms with Crippen molar-refractivity contribution in [2.45, 2.75) is 27.0 Å². The number of halogens is 1. The fraction of sp³-hybridized carbons (Fsp3) is 0.312. The van der Waals surface area contributed by atoms with E-state index in [1.165, 1.54) is 6.07 Å². The van der Waals surface area contributed by atoms with Crippen molar-refractivity contribution in [1.82, 2.24) is 10.3 Å². The van der Waals surface area contributed by atoms with E-state index in [9.17, 15) is 4.39 Å². The molecule has 0 atom stereocenters. The normalized spacial score (nSPS) is 10.6. The van der Waals surface area contributed by atoms with Crippen LogP contribution in [0, 0.1) is 12.7 Å². The van der Waals surface area contributed by atoms with Crippen molar-refractivity contribution >= 4 is 0 Å². The first-order valence-electron chi connectivity index (χ1n) is 6.73. The third-order valence-electron chi connectivity index (χ3n) is 3.09. The third-order valence-corrected chi connectivity index (χ3v) is 3.09. The topological polar surface area (TPSA) is 34.1 Å². The van der Waals surface area contributed by atoms with Gasteiger partial charge in [0.1, 0.15) is 6.61 Å². The van der Waals surface area contributed by atoms with E-state index in [0.29, 0.717) is 12.3 Å². The first kappa shape index (κ1) is 14.5. The van der Waals surface area contributed by atoms with Gasteiger partial charge in [0, 0.05) is 18.3 Å². The van der Waals surface area contributed by atoms with Crippen molar-refractivity contribution in [3.8, 4) is 5.75 Å². The molecule has 2 aromatic rings. The minimum absolute atomic E-state index is 0.271. The molecular weight excluding hydrogens is 255 g/mol. The predicted octanol–water partition coefficient (Wildman–Crippen LogP) is 3.22. The second-order valence-corrected chi connectivity index (χ2v) is 4.56. The fourth-order valence-electron chi connectivity index (χ4n) is 1.92. The molecule has 0 fully saturated rings. The molecule has 1 N–H and O–H groups in total. The largest absolute Gasteiger partial charge is 0.484 e. The van der Waals surface area contributed by atoms with Gasteiger partial charge < -0.3 is 10.1 Å². The molecule has 0 amide bonds. The molecule has 1 heterocycles. The lowest BCUT2D eigenvalue weighted by Crippen LogP contribution is -2.13. The van der Waals surface area contributed by atoms with E-state index in [1.807, 2.05) is 32.0 Å². The number of nitrogens with zero attached hydrogens (tertiary/aromatic N) is 1. The molecule has 0 aliphatic rings. The monoisotopic (exact) mass is 274 g/mol. The van der Waals surface area contributed by atoms with Gasteiger partial charge in [0.25, 0.3) is 0 Å². The highest BCUT2D eigenvalue weighted by Gasteiger charge is 2.10. The van der Waals surface area contributed by atoms with E-state index in [1.54, 1.807) is 12.3 Å². The molecule has 0 saturated heterocycles. The van der Waals surface area contributed by atoms with Crippen molar-refractivity contribution in [3.63, 3.8) is 0 Å². The van der Waals surface area contributed by atoms with Crippen LogP contribution in [0.5, 0.6) is 5.75 Å². The maximum atomic E-state index is 13.9. The van der Waals surface area contributed by atoms with Gasteiger partial charge >= 0.3 is 0 Å². The smallest absolute Gasteiger partial charge is 0.165 e. The van der Waals surface area contributed by atoms with Crippen LogP contribution in [0.4, 0.5) is 4.39 Å². The lowest BCUT2D eigenvalue weighted by molar-refractivity contribution is 0.281. The zero-order chi connectivity index (χ0) is 14.4. The molecule has 1 aromatic heterocycles. The van der Waals surface area contributed by atoms with Gasteiger partial charge in [-0.15, -0.1) is 0 Å². The molecule has 0 aliphatic heterocycles. The summed E-state index contributed by atoms with van der Waals surface area (Å²) in [4.78, 5) is 4.25. The average Bonchev–Trinajstić information content (AvgIpc) is 2.45. The van der Waals surface area contributed by atoms with Gasteiger partial charge in [-0.25, -0.2) is 4.39 Å². The number of para-hydroxylation sites is 1. The van der Waals surface area contributed by atoms with Gasteiger partial charge in [0.05, 0.1) is 5.69 Å². The highest BCUT2D eigenvalue weighted by atomic mass is 19.1. The molecule has 2 rings (SSSR count). The van der Waals surface area contributed by atoms with Crippen LogP contribution >= 0.6 is 0 Å². The number of aryl methyl sites for hydroxylation is 1. The highest BCUT2D eigenvalue weighted by Crippen LogP contribution is 2.23. The van der Waals surface area contributed by atoms with Crippen molar-refractivity contribution in [1.29, 1.82) is 0 Å². The Morgan fingerprint density at radius 3 is 2.85 bits per heavy atom. The van der Waals surface area contributed by atoms with Gasteiger partial charge in [0.2, 0.25) is 0 Å². The quantitative estimate of drug-likeness (QED) is 0.878. The molecule has 1 aromatic carbocycles. The second kappa shape index (κ2) is 7.01. The summed E-state index contributed by atoms with van der Waals surface area (Å²) in [6, 6.07) is 8.81. The Morgan fingerprint density at radius 1 is 1.25 bits per heavy atom. The van der Waals surface area contributed by atoms with E-state index in [4.69, 9.17) is 4.74 Å². The standard InChI is InChI=1S/C16H19FN2O/c1-3-18-10-13-7-4-8-14(17)16(13)20-11-15-12(2)6-5-9-19-15/h4-9,18H,3,10-11H2,1-2H3. The van der Waals surface area contributed by atoms with Crippen LogP contribution in [-0.4, -0.2) is 11.5 Å². The summed E-state index contributed by atoms with van der Waals surface area (Å²) in [6.07, 6.45) is 1.71. The van der Waals surface area contributed by atoms with Gasteiger partial charge in [-0.3, -0.25) is 4.98 Å². The Kier molecular flexibility index (Phi) is 5.07. The van der Waals surface area contributed by atoms with E-state index >= 15 is 0 Å². The minimum atomic E-state index is -0.339. The number of nitrogens with one attached hydrogen (secondary N) is 1. The lowest BCUT2D eigenvalue weighted by atomic mass is 10.2. The Morgan fingerprint density at radius 2 is 2.10 bits per heavy atom. The maximum absolute atomic E-state index is 13.9. The minimum Gasteiger partial charge on any atom is -0.484 e. The van der Waals surface area contributed by atoms with Crippen molar-refractivity contribution < 1.29 is 9.13 Å². The molecule has 3 nitrogen and oxygen atoms in total. The second-order valence-electron chi connectivity index (χ2n) is 4.56. The average molecular weight is 274 g/mol. The Hall–Kier alpha value is -1.94. The van der Waals surface area contributed by atoms with Crippen LogP contribution in [0.3, 0.4) is 0 Å². The molecular formula is C16H19FN2O. The summed E-state index contributed by atoms with van der Waals surface area (Å²) < 4.78 is 19.6. The van der Waals surface area contributed by atoms with Crippen molar-refractivity contribution in [2.24, 2.45) is 0 Å². The van der Waals surface area contributed by atoms with Crippen molar-refractivity contribution in [3.05, 3.63) is 59.2 Å². The Balaban J connectivity index is 2.14. The van der Waals surface area contributed by atoms with Gasteiger partial charge in [-0.05, 0) is 31.2 Å². The Labute approximate surface area is 118 Å². The highest BCUT2D eigenvalue weighted by molar-refractivity contribution is 5.35. The molecule has 0 radical (unpaired) electrons. The molecule has 0 unspecified atom stereocenters. The van der Waals surface area contributed by atoms with Crippen LogP contribution in [0.2, 0.25) is 0 Å². The van der Waals surface area contributed by atoms with Crippen LogP contribution in [0.15, 0.2) is 36.5 Å². The molecule has 0 aliphatic carbocycles. The summed E-state index contributed by atoms with van der Waals surface area (Å²) in [5.41, 5.74) is 2.68. The molecule has 4 heteroatoms. The molecule has 106 valence electrons. The van der Waals surface area contributed by atoms with Gasteiger partial charge in [-0.2, -0.15) is 0 Å². The Bertz CT molecular complexity index is 572. The number of rotatable bonds is 6. The predicted molar refractivity (Wildman–Crippen MR) is 77.1 cm³/mol. The number of ether oxygens (including phenoxy) is 1. The number of benzene rings is 1. The molecule has 0 saturated carbocycles. The van der Waals surface area contributed by atoms with Crippen LogP contribution < -0.4 is 10.1 Å². The van der Waals surface area contributed by atoms with Crippen LogP contribution in [0.25, 0.3) is 0 Å². The number of pyridine rings is 1. The maximum Gasteiger partial charge on any atom is 0.165 e. The number of hydrogen-bond donors (Lipinski definition) is 1. The first-order valence-corrected chi connectivity index (χ1v) is 6.73. The number of hydrogen-bond acceptors (Lipinski definition) is 3. The zero-order valence-corrected chi connectivity index (χ0v) is 11.8. The van der Waals surface area contributed by atoms with Gasteiger partial charge in [-0.1, -0.05) is 25.1 Å². The first-order chi connectivity index (χ1) is 9.72. The van der Waals surface area contributed by atoms with Crippen molar-refractivity contribution in [2.75, 3.05) is 6.54 Å². The summed E-state index contributed by atoms with van der Waals surface area (Å²) in [6.45, 7) is 5.66. The SMILES string of the molecule is CCNCc1cccc(F)c1OCc1ncccc1C. The van der Waals surface area contributed by atoms with E-state index < -0.39 is 0 Å². The number of aromatic nitrogens is 1. The summed E-state index contributed by atoms with van der Waals surface area (Å²) >= 11 is 0. The summed E-state index contributed by atoms with van der Waals surface area (Å²) in [5, 5.41) is 3.18. The molecule has 0 spiro atoms. The van der Waals surface area contributed by atoms with E-state index in [2.05, 4.69) is 10.3 Å². The summed E-state index contributed by atoms with van der Waals surface area (Å²) in [5.74, 6) is -0.0347. The van der Waals surface area contributed by atoms with Crippen LogP contribution in [0.1, 0.15) is 23.7 Å². The fourth-order valence-corrected chi connectivity index (χ4v) is 1.92. The molecule has 20 heavy (non-hydrogen) atoms. The van der Waals surface area contributed by atoms with Crippen LogP contribution in [-0.2, 0) is 13.2 Å².